The van der Waals surface area contributed by atoms with Crippen molar-refractivity contribution in [3.63, 3.8) is 0 Å². The third-order valence-electron chi connectivity index (χ3n) is 1.71. The van der Waals surface area contributed by atoms with Gasteiger partial charge in [-0.2, -0.15) is 0 Å². The molecular weight excluding hydrogens is 334 g/mol. The molecule has 1 atom stereocenters. The summed E-state index contributed by atoms with van der Waals surface area (Å²) in [5.74, 6) is 0.511. The Balaban J connectivity index is 2.50. The van der Waals surface area contributed by atoms with Gasteiger partial charge in [0.05, 0.1) is 3.79 Å². The number of rotatable bonds is 6. The molecule has 16 heavy (non-hydrogen) atoms. The third kappa shape index (κ3) is 4.62. The van der Waals surface area contributed by atoms with Crippen LogP contribution < -0.4 is 4.72 Å². The summed E-state index contributed by atoms with van der Waals surface area (Å²) in [7, 11) is -4.27. The maximum atomic E-state index is 11.7. The molecule has 4 nitrogen and oxygen atoms in total. The fraction of sp³-hybridized carbons (Fsp3) is 0.500. The zero-order valence-corrected chi connectivity index (χ0v) is 12.6. The van der Waals surface area contributed by atoms with Crippen LogP contribution in [-0.4, -0.2) is 31.2 Å². The number of nitrogens with one attached hydrogen (secondary N) is 1. The second-order valence-electron chi connectivity index (χ2n) is 3.09. The maximum Gasteiger partial charge on any atom is 0.250 e. The van der Waals surface area contributed by atoms with Gasteiger partial charge in [-0.15, -0.1) is 11.3 Å². The summed E-state index contributed by atoms with van der Waals surface area (Å²) >= 11 is 4.38. The van der Waals surface area contributed by atoms with E-state index in [1.165, 1.54) is 11.3 Å². The molecule has 1 rings (SSSR count). The largest absolute Gasteiger partial charge is 0.260 e. The van der Waals surface area contributed by atoms with E-state index in [2.05, 4.69) is 20.7 Å². The van der Waals surface area contributed by atoms with E-state index in [4.69, 9.17) is 0 Å². The molecule has 0 saturated heterocycles. The van der Waals surface area contributed by atoms with Crippen LogP contribution >= 0.6 is 27.3 Å². The average Bonchev–Trinajstić information content (AvgIpc) is 2.60. The molecular formula is C8H12BrNO3S3. The van der Waals surface area contributed by atoms with Crippen molar-refractivity contribution in [3.05, 3.63) is 15.9 Å². The maximum absolute atomic E-state index is 11.7. The van der Waals surface area contributed by atoms with E-state index in [9.17, 15) is 12.6 Å². The van der Waals surface area contributed by atoms with Gasteiger partial charge in [-0.1, -0.05) is 0 Å². The third-order valence-corrected chi connectivity index (χ3v) is 6.15. The standard InChI is InChI=1S/C8H12BrNO3S3/c1-15(11)6-2-5-10-16(12,13)8-4-3-7(9)14-8/h3-4,10H,2,5-6H2,1H3. The quantitative estimate of drug-likeness (QED) is 0.795. The first-order valence-corrected chi connectivity index (χ1v) is 9.29. The van der Waals surface area contributed by atoms with Crippen LogP contribution in [-0.2, 0) is 20.8 Å². The van der Waals surface area contributed by atoms with Crippen molar-refractivity contribution in [2.24, 2.45) is 0 Å². The molecule has 0 amide bonds. The lowest BCUT2D eigenvalue weighted by Crippen LogP contribution is -2.24. The number of sulfonamides is 1. The Kier molecular flexibility index (Phi) is 5.58. The molecule has 0 saturated carbocycles. The van der Waals surface area contributed by atoms with Crippen molar-refractivity contribution in [1.82, 2.24) is 4.72 Å². The van der Waals surface area contributed by atoms with Crippen molar-refractivity contribution in [1.29, 1.82) is 0 Å². The lowest BCUT2D eigenvalue weighted by Gasteiger charge is -2.03. The Morgan fingerprint density at radius 3 is 2.69 bits per heavy atom. The van der Waals surface area contributed by atoms with E-state index >= 15 is 0 Å². The van der Waals surface area contributed by atoms with Crippen LogP contribution in [0.15, 0.2) is 20.1 Å². The molecule has 0 fully saturated rings. The first-order chi connectivity index (χ1) is 7.42. The van der Waals surface area contributed by atoms with Crippen molar-refractivity contribution in [3.8, 4) is 0 Å². The van der Waals surface area contributed by atoms with E-state index in [1.54, 1.807) is 18.4 Å². The fourth-order valence-corrected chi connectivity index (χ4v) is 4.67. The molecule has 0 aliphatic carbocycles. The summed E-state index contributed by atoms with van der Waals surface area (Å²) < 4.78 is 37.7. The van der Waals surface area contributed by atoms with E-state index < -0.39 is 20.8 Å². The number of hydrogen-bond acceptors (Lipinski definition) is 4. The number of thiophene rings is 1. The lowest BCUT2D eigenvalue weighted by atomic mass is 10.5. The highest BCUT2D eigenvalue weighted by atomic mass is 79.9. The summed E-state index contributed by atoms with van der Waals surface area (Å²) in [5, 5.41) is 0. The van der Waals surface area contributed by atoms with Gasteiger partial charge in [-0.3, -0.25) is 4.21 Å². The molecule has 1 aromatic rings. The number of halogens is 1. The topological polar surface area (TPSA) is 63.2 Å². The summed E-state index contributed by atoms with van der Waals surface area (Å²) in [4.78, 5) is 0. The van der Waals surface area contributed by atoms with E-state index in [1.807, 2.05) is 0 Å². The van der Waals surface area contributed by atoms with E-state index in [-0.39, 0.29) is 4.21 Å². The minimum atomic E-state index is -3.40. The van der Waals surface area contributed by atoms with Crippen LogP contribution in [0, 0.1) is 0 Å². The second-order valence-corrected chi connectivity index (χ2v) is 9.10. The van der Waals surface area contributed by atoms with Crippen molar-refractivity contribution in [2.75, 3.05) is 18.6 Å². The zero-order valence-electron chi connectivity index (χ0n) is 8.60. The summed E-state index contributed by atoms with van der Waals surface area (Å²) in [5.41, 5.74) is 0. The van der Waals surface area contributed by atoms with Gasteiger partial charge in [0.25, 0.3) is 0 Å². The molecule has 1 heterocycles. The molecule has 1 unspecified atom stereocenters. The Bertz CT molecular complexity index is 469. The monoisotopic (exact) mass is 345 g/mol. The van der Waals surface area contributed by atoms with Crippen molar-refractivity contribution >= 4 is 48.1 Å². The molecule has 0 aromatic carbocycles. The van der Waals surface area contributed by atoms with Gasteiger partial charge in [0.2, 0.25) is 10.0 Å². The molecule has 92 valence electrons. The van der Waals surface area contributed by atoms with Crippen LogP contribution in [0.2, 0.25) is 0 Å². The summed E-state index contributed by atoms with van der Waals surface area (Å²) in [6.45, 7) is 0.317. The van der Waals surface area contributed by atoms with Crippen LogP contribution in [0.5, 0.6) is 0 Å². The van der Waals surface area contributed by atoms with Crippen LogP contribution in [0.3, 0.4) is 0 Å². The Morgan fingerprint density at radius 2 is 2.19 bits per heavy atom. The van der Waals surface area contributed by atoms with E-state index in [0.29, 0.717) is 18.7 Å². The Morgan fingerprint density at radius 1 is 1.50 bits per heavy atom. The van der Waals surface area contributed by atoms with Crippen LogP contribution in [0.1, 0.15) is 6.42 Å². The lowest BCUT2D eigenvalue weighted by molar-refractivity contribution is 0.583. The first kappa shape index (κ1) is 14.3. The normalized spacial score (nSPS) is 13.9. The predicted molar refractivity (Wildman–Crippen MR) is 70.8 cm³/mol. The minimum Gasteiger partial charge on any atom is -0.260 e. The average molecular weight is 346 g/mol. The highest BCUT2D eigenvalue weighted by molar-refractivity contribution is 9.11. The first-order valence-electron chi connectivity index (χ1n) is 4.47. The SMILES string of the molecule is CS(=O)CCCNS(=O)(=O)c1ccc(Br)s1. The molecule has 8 heteroatoms. The molecule has 0 aliphatic heterocycles. The molecule has 0 spiro atoms. The highest BCUT2D eigenvalue weighted by Gasteiger charge is 2.15. The Labute approximate surface area is 110 Å². The summed E-state index contributed by atoms with van der Waals surface area (Å²) in [6, 6.07) is 3.25. The van der Waals surface area contributed by atoms with Gasteiger partial charge < -0.3 is 0 Å². The van der Waals surface area contributed by atoms with E-state index in [0.717, 1.165) is 3.79 Å². The highest BCUT2D eigenvalue weighted by Crippen LogP contribution is 2.25. The van der Waals surface area contributed by atoms with Crippen LogP contribution in [0.25, 0.3) is 0 Å². The predicted octanol–water partition coefficient (Wildman–Crippen LogP) is 1.56. The Hall–Kier alpha value is 0.240. The molecule has 1 N–H and O–H groups in total. The second kappa shape index (κ2) is 6.25. The van der Waals surface area contributed by atoms with Gasteiger partial charge in [-0.05, 0) is 34.5 Å². The molecule has 0 radical (unpaired) electrons. The fourth-order valence-electron chi connectivity index (χ4n) is 0.995. The molecule has 0 aliphatic rings. The molecule has 0 bridgehead atoms. The van der Waals surface area contributed by atoms with Gasteiger partial charge in [-0.25, -0.2) is 13.1 Å². The van der Waals surface area contributed by atoms with Crippen molar-refractivity contribution in [2.45, 2.75) is 10.6 Å². The minimum absolute atomic E-state index is 0.289. The zero-order chi connectivity index (χ0) is 12.2. The van der Waals surface area contributed by atoms with Gasteiger partial charge in [0.15, 0.2) is 0 Å². The van der Waals surface area contributed by atoms with Crippen LogP contribution in [0.4, 0.5) is 0 Å². The number of hydrogen-bond donors (Lipinski definition) is 1. The summed E-state index contributed by atoms with van der Waals surface area (Å²) in [6.07, 6.45) is 2.18. The smallest absolute Gasteiger partial charge is 0.250 e. The van der Waals surface area contributed by atoms with Crippen molar-refractivity contribution < 1.29 is 12.6 Å². The van der Waals surface area contributed by atoms with Gasteiger partial charge in [0, 0.05) is 29.4 Å². The van der Waals surface area contributed by atoms with Gasteiger partial charge >= 0.3 is 0 Å². The van der Waals surface area contributed by atoms with Gasteiger partial charge in [0.1, 0.15) is 4.21 Å². The molecule has 1 aromatic heterocycles.